The lowest BCUT2D eigenvalue weighted by Gasteiger charge is -2.13. The summed E-state index contributed by atoms with van der Waals surface area (Å²) >= 11 is 0. The number of aryl methyl sites for hydroxylation is 1. The van der Waals surface area contributed by atoms with Gasteiger partial charge in [-0.1, -0.05) is 140 Å². The first-order valence-corrected chi connectivity index (χ1v) is 20.5. The highest BCUT2D eigenvalue weighted by Gasteiger charge is 2.19. The number of hydrogen-bond acceptors (Lipinski definition) is 4. The molecular weight excluding hydrogens is 733 g/mol. The first-order chi connectivity index (χ1) is 29.7. The Labute approximate surface area is 346 Å². The van der Waals surface area contributed by atoms with Crippen molar-refractivity contribution in [1.29, 1.82) is 0 Å². The predicted octanol–water partition coefficient (Wildman–Crippen LogP) is 14.2. The van der Waals surface area contributed by atoms with Crippen LogP contribution in [0.15, 0.2) is 192 Å². The number of rotatable bonds is 6. The first kappa shape index (κ1) is 34.2. The number of nitrogens with zero attached hydrogens (tertiary/aromatic N) is 4. The maximum Gasteiger partial charge on any atom is 0.164 e. The summed E-state index contributed by atoms with van der Waals surface area (Å²) < 4.78 is 8.60. The molecule has 1 aliphatic rings. The minimum atomic E-state index is 0.623. The van der Waals surface area contributed by atoms with Gasteiger partial charge >= 0.3 is 0 Å². The molecule has 0 unspecified atom stereocenters. The molecule has 0 saturated carbocycles. The van der Waals surface area contributed by atoms with Crippen molar-refractivity contribution in [2.24, 2.45) is 0 Å². The van der Waals surface area contributed by atoms with Crippen LogP contribution in [-0.2, 0) is 6.42 Å². The second-order valence-electron chi connectivity index (χ2n) is 15.5. The Bertz CT molecular complexity index is 3500. The summed E-state index contributed by atoms with van der Waals surface area (Å²) in [6.07, 6.45) is 6.22. The number of benzene rings is 8. The molecule has 0 radical (unpaired) electrons. The van der Waals surface area contributed by atoms with Gasteiger partial charge in [-0.2, -0.15) is 0 Å². The lowest BCUT2D eigenvalue weighted by Crippen LogP contribution is -2.00. The molecule has 0 spiro atoms. The Balaban J connectivity index is 0.974. The summed E-state index contributed by atoms with van der Waals surface area (Å²) in [6, 6.07) is 64.6. The highest BCUT2D eigenvalue weighted by Crippen LogP contribution is 2.39. The van der Waals surface area contributed by atoms with Crippen LogP contribution in [0.3, 0.4) is 0 Å². The fourth-order valence-electron chi connectivity index (χ4n) is 9.02. The average Bonchev–Trinajstić information content (AvgIpc) is 3.86. The number of allylic oxidation sites excluding steroid dienone is 1. The van der Waals surface area contributed by atoms with Gasteiger partial charge in [0.25, 0.3) is 0 Å². The SMILES string of the molecule is C1=Cc2oc3ccc(-c4nc(-c5ccccc5)nc(-c5cccc(-c6cccc(-n7c8ccccc8c8ccc(-c9cccc%10ccccc9%10)cc87)c6)c5)n4)cc3c2CC1. The molecule has 0 bridgehead atoms. The van der Waals surface area contributed by atoms with Crippen LogP contribution in [-0.4, -0.2) is 19.5 Å². The smallest absolute Gasteiger partial charge is 0.164 e. The van der Waals surface area contributed by atoms with Crippen molar-refractivity contribution in [1.82, 2.24) is 19.5 Å². The molecule has 0 N–H and O–H groups in total. The minimum Gasteiger partial charge on any atom is -0.456 e. The molecule has 0 fully saturated rings. The van der Waals surface area contributed by atoms with Crippen LogP contribution in [0.5, 0.6) is 0 Å². The summed E-state index contributed by atoms with van der Waals surface area (Å²) in [4.78, 5) is 15.3. The fraction of sp³-hybridized carbons (Fsp3) is 0.0364. The summed E-state index contributed by atoms with van der Waals surface area (Å²) in [5, 5.41) is 6.06. The van der Waals surface area contributed by atoms with E-state index in [9.17, 15) is 0 Å². The molecule has 3 heterocycles. The van der Waals surface area contributed by atoms with Gasteiger partial charge in [-0.3, -0.25) is 0 Å². The number of furan rings is 1. The molecule has 282 valence electrons. The van der Waals surface area contributed by atoms with E-state index in [1.54, 1.807) is 0 Å². The van der Waals surface area contributed by atoms with Crippen LogP contribution in [0.2, 0.25) is 0 Å². The summed E-state index contributed by atoms with van der Waals surface area (Å²) in [6.45, 7) is 0. The molecule has 0 saturated heterocycles. The molecule has 12 rings (SSSR count). The lowest BCUT2D eigenvalue weighted by molar-refractivity contribution is 0.595. The second-order valence-corrected chi connectivity index (χ2v) is 15.5. The molecule has 5 nitrogen and oxygen atoms in total. The molecule has 3 aromatic heterocycles. The molecule has 0 atom stereocenters. The summed E-state index contributed by atoms with van der Waals surface area (Å²) in [5.41, 5.74) is 13.0. The summed E-state index contributed by atoms with van der Waals surface area (Å²) in [7, 11) is 0. The first-order valence-electron chi connectivity index (χ1n) is 20.5. The molecule has 5 heteroatoms. The Hall–Kier alpha value is -7.89. The van der Waals surface area contributed by atoms with E-state index in [1.807, 2.05) is 36.4 Å². The van der Waals surface area contributed by atoms with E-state index in [0.717, 1.165) is 63.1 Å². The highest BCUT2D eigenvalue weighted by atomic mass is 16.3. The fourth-order valence-corrected chi connectivity index (χ4v) is 9.02. The van der Waals surface area contributed by atoms with E-state index >= 15 is 0 Å². The molecule has 8 aromatic carbocycles. The van der Waals surface area contributed by atoms with Gasteiger partial charge in [0.2, 0.25) is 0 Å². The Kier molecular flexibility index (Phi) is 7.91. The topological polar surface area (TPSA) is 56.7 Å². The number of para-hydroxylation sites is 1. The van der Waals surface area contributed by atoms with Gasteiger partial charge in [0, 0.05) is 44.1 Å². The van der Waals surface area contributed by atoms with Crippen molar-refractivity contribution in [2.45, 2.75) is 12.8 Å². The van der Waals surface area contributed by atoms with Crippen molar-refractivity contribution in [3.05, 3.63) is 199 Å². The van der Waals surface area contributed by atoms with Crippen LogP contribution < -0.4 is 0 Å². The van der Waals surface area contributed by atoms with E-state index in [2.05, 4.69) is 162 Å². The van der Waals surface area contributed by atoms with Crippen LogP contribution in [0.4, 0.5) is 0 Å². The van der Waals surface area contributed by atoms with Gasteiger partial charge in [-0.25, -0.2) is 15.0 Å². The van der Waals surface area contributed by atoms with Gasteiger partial charge < -0.3 is 8.98 Å². The number of fused-ring (bicyclic) bond motifs is 7. The molecule has 11 aromatic rings. The largest absolute Gasteiger partial charge is 0.456 e. The van der Waals surface area contributed by atoms with Crippen LogP contribution in [0.1, 0.15) is 17.7 Å². The third kappa shape index (κ3) is 5.74. The van der Waals surface area contributed by atoms with Crippen molar-refractivity contribution >= 4 is 49.6 Å². The van der Waals surface area contributed by atoms with Crippen molar-refractivity contribution < 1.29 is 4.42 Å². The Morgan fingerprint density at radius 1 is 0.433 bits per heavy atom. The van der Waals surface area contributed by atoms with Crippen molar-refractivity contribution in [2.75, 3.05) is 0 Å². The van der Waals surface area contributed by atoms with Gasteiger partial charge in [-0.15, -0.1) is 0 Å². The van der Waals surface area contributed by atoms with Crippen LogP contribution >= 0.6 is 0 Å². The minimum absolute atomic E-state index is 0.623. The number of hydrogen-bond donors (Lipinski definition) is 0. The Morgan fingerprint density at radius 2 is 1.08 bits per heavy atom. The molecular formula is C55H36N4O. The summed E-state index contributed by atoms with van der Waals surface area (Å²) in [5.74, 6) is 2.83. The van der Waals surface area contributed by atoms with Crippen molar-refractivity contribution in [3.8, 4) is 62.1 Å². The standard InChI is InChI=1S/C55H36N4O/c1-2-14-36(15-3-1)53-56-54(58-55(57-53)41-28-30-52-48(33-41)47-23-7-9-26-51(47)60-52)40-19-10-17-37(31-40)38-18-11-20-42(32-38)59-49-25-8-6-22-45(49)46-29-27-39(34-50(46)59)44-24-12-16-35-13-4-5-21-43(35)44/h1-6,8-22,24-34H,7,23H2. The van der Waals surface area contributed by atoms with E-state index in [-0.39, 0.29) is 0 Å². The van der Waals surface area contributed by atoms with Crippen molar-refractivity contribution in [3.63, 3.8) is 0 Å². The predicted molar refractivity (Wildman–Crippen MR) is 246 cm³/mol. The van der Waals surface area contributed by atoms with Gasteiger partial charge in [0.05, 0.1) is 11.0 Å². The maximum absolute atomic E-state index is 6.19. The van der Waals surface area contributed by atoms with E-state index < -0.39 is 0 Å². The quantitative estimate of drug-likeness (QED) is 0.169. The molecule has 0 aliphatic heterocycles. The number of aromatic nitrogens is 4. The average molecular weight is 769 g/mol. The third-order valence-electron chi connectivity index (χ3n) is 11.9. The lowest BCUT2D eigenvalue weighted by atomic mass is 9.97. The second kappa shape index (κ2) is 13.9. The maximum atomic E-state index is 6.19. The third-order valence-corrected chi connectivity index (χ3v) is 11.9. The van der Waals surface area contributed by atoms with E-state index in [1.165, 1.54) is 49.3 Å². The zero-order valence-corrected chi connectivity index (χ0v) is 32.6. The van der Waals surface area contributed by atoms with E-state index in [0.29, 0.717) is 17.5 Å². The zero-order valence-electron chi connectivity index (χ0n) is 32.6. The monoisotopic (exact) mass is 768 g/mol. The van der Waals surface area contributed by atoms with Gasteiger partial charge in [0.1, 0.15) is 11.3 Å². The zero-order chi connectivity index (χ0) is 39.6. The van der Waals surface area contributed by atoms with Gasteiger partial charge in [0.15, 0.2) is 17.5 Å². The Morgan fingerprint density at radius 3 is 1.97 bits per heavy atom. The molecule has 0 amide bonds. The van der Waals surface area contributed by atoms with E-state index in [4.69, 9.17) is 19.4 Å². The van der Waals surface area contributed by atoms with Crippen LogP contribution in [0, 0.1) is 0 Å². The van der Waals surface area contributed by atoms with Crippen LogP contribution in [0.25, 0.3) is 112 Å². The highest BCUT2D eigenvalue weighted by molar-refractivity contribution is 6.11. The normalized spacial score (nSPS) is 12.5. The van der Waals surface area contributed by atoms with Gasteiger partial charge in [-0.05, 0) is 100 Å². The molecule has 1 aliphatic carbocycles. The molecule has 60 heavy (non-hydrogen) atoms.